The first-order valence-electron chi connectivity index (χ1n) is 6.86. The Bertz CT molecular complexity index is 397. The molecule has 0 radical (unpaired) electrons. The fourth-order valence-electron chi connectivity index (χ4n) is 2.32. The molecule has 2 atom stereocenters. The monoisotopic (exact) mass is 264 g/mol. The summed E-state index contributed by atoms with van der Waals surface area (Å²) in [6, 6.07) is 9.92. The second kappa shape index (κ2) is 7.59. The van der Waals surface area contributed by atoms with E-state index in [4.69, 9.17) is 0 Å². The predicted octanol–water partition coefficient (Wildman–Crippen LogP) is 4.83. The lowest BCUT2D eigenvalue weighted by Crippen LogP contribution is -2.16. The van der Waals surface area contributed by atoms with Crippen LogP contribution < -0.4 is 5.30 Å². The molecule has 1 rings (SSSR count). The van der Waals surface area contributed by atoms with E-state index >= 15 is 0 Å². The van der Waals surface area contributed by atoms with Crippen LogP contribution in [-0.4, -0.2) is 12.3 Å². The number of allylic oxidation sites excluding steroid dienone is 1. The zero-order valence-electron chi connectivity index (χ0n) is 11.6. The maximum absolute atomic E-state index is 13.1. The van der Waals surface area contributed by atoms with Crippen molar-refractivity contribution in [2.24, 2.45) is 0 Å². The van der Waals surface area contributed by atoms with Crippen LogP contribution in [-0.2, 0) is 4.57 Å². The van der Waals surface area contributed by atoms with Crippen LogP contribution >= 0.6 is 7.14 Å². The van der Waals surface area contributed by atoms with Crippen LogP contribution in [0.5, 0.6) is 0 Å². The standard InChI is InChI=1S/C16H25OP/c1-4-6-8-12-15(11-5-2)18(3,17)16-13-9-7-10-14-16/h5,7,9-10,13-15H,2,4,6,8,11-12H2,1,3H3. The van der Waals surface area contributed by atoms with Gasteiger partial charge in [0, 0.05) is 11.0 Å². The number of rotatable bonds is 8. The van der Waals surface area contributed by atoms with E-state index in [0.717, 1.165) is 18.1 Å². The van der Waals surface area contributed by atoms with Gasteiger partial charge in [-0.3, -0.25) is 0 Å². The Morgan fingerprint density at radius 1 is 1.28 bits per heavy atom. The normalized spacial score (nSPS) is 15.9. The van der Waals surface area contributed by atoms with Gasteiger partial charge in [-0.15, -0.1) is 6.58 Å². The van der Waals surface area contributed by atoms with Crippen molar-refractivity contribution in [1.82, 2.24) is 0 Å². The Hall–Kier alpha value is -0.810. The number of benzene rings is 1. The Morgan fingerprint density at radius 3 is 2.50 bits per heavy atom. The molecular weight excluding hydrogens is 239 g/mol. The van der Waals surface area contributed by atoms with E-state index in [1.54, 1.807) is 0 Å². The molecule has 0 aliphatic carbocycles. The highest BCUT2D eigenvalue weighted by molar-refractivity contribution is 7.71. The summed E-state index contributed by atoms with van der Waals surface area (Å²) in [5.74, 6) is 0. The number of hydrogen-bond donors (Lipinski definition) is 0. The van der Waals surface area contributed by atoms with Gasteiger partial charge in [-0.1, -0.05) is 62.6 Å². The van der Waals surface area contributed by atoms with Crippen LogP contribution in [0, 0.1) is 0 Å². The van der Waals surface area contributed by atoms with Crippen molar-refractivity contribution >= 4 is 12.4 Å². The maximum atomic E-state index is 13.1. The molecule has 2 unspecified atom stereocenters. The van der Waals surface area contributed by atoms with Crippen LogP contribution in [0.25, 0.3) is 0 Å². The van der Waals surface area contributed by atoms with Crippen LogP contribution in [0.2, 0.25) is 0 Å². The SMILES string of the molecule is C=CCC(CCCCC)P(C)(=O)c1ccccc1. The molecule has 0 spiro atoms. The van der Waals surface area contributed by atoms with Gasteiger partial charge in [0.05, 0.1) is 0 Å². The fraction of sp³-hybridized carbons (Fsp3) is 0.500. The maximum Gasteiger partial charge on any atom is 0.115 e. The van der Waals surface area contributed by atoms with Crippen LogP contribution in [0.3, 0.4) is 0 Å². The first-order chi connectivity index (χ1) is 8.62. The molecule has 2 heteroatoms. The van der Waals surface area contributed by atoms with Crippen molar-refractivity contribution in [3.05, 3.63) is 43.0 Å². The summed E-state index contributed by atoms with van der Waals surface area (Å²) in [7, 11) is -2.28. The van der Waals surface area contributed by atoms with Crippen molar-refractivity contribution in [3.8, 4) is 0 Å². The second-order valence-electron chi connectivity index (χ2n) is 5.00. The third kappa shape index (κ3) is 4.14. The molecule has 0 amide bonds. The molecular formula is C16H25OP. The first-order valence-corrected chi connectivity index (χ1v) is 9.09. The average Bonchev–Trinajstić information content (AvgIpc) is 2.39. The van der Waals surface area contributed by atoms with Crippen molar-refractivity contribution < 1.29 is 4.57 Å². The first kappa shape index (κ1) is 15.2. The minimum absolute atomic E-state index is 0.254. The van der Waals surface area contributed by atoms with E-state index in [2.05, 4.69) is 13.5 Å². The second-order valence-corrected chi connectivity index (χ2v) is 8.23. The van der Waals surface area contributed by atoms with E-state index < -0.39 is 7.14 Å². The molecule has 0 saturated heterocycles. The van der Waals surface area contributed by atoms with Gasteiger partial charge in [0.15, 0.2) is 0 Å². The molecule has 0 fully saturated rings. The van der Waals surface area contributed by atoms with Crippen molar-refractivity contribution in [3.63, 3.8) is 0 Å². The molecule has 0 N–H and O–H groups in total. The Kier molecular flexibility index (Phi) is 6.43. The lowest BCUT2D eigenvalue weighted by atomic mass is 10.1. The molecule has 1 nitrogen and oxygen atoms in total. The highest BCUT2D eigenvalue weighted by Gasteiger charge is 2.28. The van der Waals surface area contributed by atoms with Gasteiger partial charge in [-0.25, -0.2) is 0 Å². The summed E-state index contributed by atoms with van der Waals surface area (Å²) in [5, 5.41) is 1.01. The molecule has 0 saturated carbocycles. The van der Waals surface area contributed by atoms with Crippen LogP contribution in [0.1, 0.15) is 39.0 Å². The topological polar surface area (TPSA) is 17.1 Å². The van der Waals surface area contributed by atoms with E-state index in [1.807, 2.05) is 43.1 Å². The summed E-state index contributed by atoms with van der Waals surface area (Å²) in [4.78, 5) is 0. The van der Waals surface area contributed by atoms with Crippen molar-refractivity contribution in [1.29, 1.82) is 0 Å². The minimum Gasteiger partial charge on any atom is -0.319 e. The zero-order chi connectivity index (χ0) is 13.4. The highest BCUT2D eigenvalue weighted by Crippen LogP contribution is 2.49. The molecule has 1 aromatic rings. The summed E-state index contributed by atoms with van der Waals surface area (Å²) >= 11 is 0. The van der Waals surface area contributed by atoms with Gasteiger partial charge in [-0.05, 0) is 19.5 Å². The molecule has 18 heavy (non-hydrogen) atoms. The zero-order valence-corrected chi connectivity index (χ0v) is 12.5. The number of hydrogen-bond acceptors (Lipinski definition) is 1. The molecule has 0 aromatic heterocycles. The fourth-order valence-corrected chi connectivity index (χ4v) is 4.73. The summed E-state index contributed by atoms with van der Waals surface area (Å²) < 4.78 is 13.1. The third-order valence-electron chi connectivity index (χ3n) is 3.55. The Balaban J connectivity index is 2.82. The van der Waals surface area contributed by atoms with Gasteiger partial charge < -0.3 is 4.57 Å². The predicted molar refractivity (Wildman–Crippen MR) is 82.4 cm³/mol. The van der Waals surface area contributed by atoms with Crippen LogP contribution in [0.15, 0.2) is 43.0 Å². The largest absolute Gasteiger partial charge is 0.319 e. The third-order valence-corrected chi connectivity index (χ3v) is 6.73. The van der Waals surface area contributed by atoms with Crippen molar-refractivity contribution in [2.45, 2.75) is 44.7 Å². The molecule has 0 aliphatic heterocycles. The summed E-state index contributed by atoms with van der Waals surface area (Å²) in [6.45, 7) is 7.95. The van der Waals surface area contributed by atoms with Gasteiger partial charge in [0.1, 0.15) is 7.14 Å². The van der Waals surface area contributed by atoms with Gasteiger partial charge in [0.25, 0.3) is 0 Å². The van der Waals surface area contributed by atoms with E-state index in [0.29, 0.717) is 0 Å². The summed E-state index contributed by atoms with van der Waals surface area (Å²) in [5.41, 5.74) is 0.254. The molecule has 100 valence electrons. The Labute approximate surface area is 112 Å². The van der Waals surface area contributed by atoms with E-state index in [-0.39, 0.29) is 5.66 Å². The van der Waals surface area contributed by atoms with Crippen molar-refractivity contribution in [2.75, 3.05) is 6.66 Å². The van der Waals surface area contributed by atoms with Gasteiger partial charge >= 0.3 is 0 Å². The quantitative estimate of drug-likeness (QED) is 0.373. The lowest BCUT2D eigenvalue weighted by molar-refractivity contribution is 0.559. The lowest BCUT2D eigenvalue weighted by Gasteiger charge is -2.24. The van der Waals surface area contributed by atoms with Gasteiger partial charge in [-0.2, -0.15) is 0 Å². The molecule has 0 aliphatic rings. The summed E-state index contributed by atoms with van der Waals surface area (Å²) in [6.07, 6.45) is 7.41. The molecule has 0 bridgehead atoms. The van der Waals surface area contributed by atoms with E-state index in [9.17, 15) is 4.57 Å². The van der Waals surface area contributed by atoms with Crippen LogP contribution in [0.4, 0.5) is 0 Å². The Morgan fingerprint density at radius 2 is 1.94 bits per heavy atom. The minimum atomic E-state index is -2.28. The van der Waals surface area contributed by atoms with E-state index in [1.165, 1.54) is 19.3 Å². The van der Waals surface area contributed by atoms with Gasteiger partial charge in [0.2, 0.25) is 0 Å². The average molecular weight is 264 g/mol. The number of unbranched alkanes of at least 4 members (excludes halogenated alkanes) is 2. The molecule has 1 aromatic carbocycles. The highest BCUT2D eigenvalue weighted by atomic mass is 31.2. The smallest absolute Gasteiger partial charge is 0.115 e. The molecule has 0 heterocycles.